The van der Waals surface area contributed by atoms with Crippen molar-refractivity contribution in [1.29, 1.82) is 0 Å². The first-order chi connectivity index (χ1) is 13.8. The van der Waals surface area contributed by atoms with Gasteiger partial charge >= 0.3 is 0 Å². The Morgan fingerprint density at radius 3 is 2.66 bits per heavy atom. The molecule has 0 saturated heterocycles. The number of anilines is 1. The van der Waals surface area contributed by atoms with Gasteiger partial charge in [0.25, 0.3) is 15.9 Å². The third-order valence-corrected chi connectivity index (χ3v) is 7.43. The highest BCUT2D eigenvalue weighted by Gasteiger charge is 2.19. The van der Waals surface area contributed by atoms with Crippen molar-refractivity contribution in [3.63, 3.8) is 0 Å². The van der Waals surface area contributed by atoms with Crippen LogP contribution in [0.5, 0.6) is 0 Å². The van der Waals surface area contributed by atoms with Crippen LogP contribution in [0.1, 0.15) is 22.8 Å². The van der Waals surface area contributed by atoms with E-state index in [-0.39, 0.29) is 22.3 Å². The SMILES string of the molecule is CCN(Cc1cc(Br)ccc1F)C(=O)c1cccc(NS(=O)(=O)c2cccs2)c1. The van der Waals surface area contributed by atoms with Gasteiger partial charge in [0, 0.05) is 34.4 Å². The number of carbonyl (C=O) groups is 1. The van der Waals surface area contributed by atoms with Gasteiger partial charge in [-0.05, 0) is 54.8 Å². The third-order valence-electron chi connectivity index (χ3n) is 4.16. The average molecular weight is 497 g/mol. The molecular weight excluding hydrogens is 479 g/mol. The summed E-state index contributed by atoms with van der Waals surface area (Å²) in [6.07, 6.45) is 0. The Morgan fingerprint density at radius 2 is 1.97 bits per heavy atom. The van der Waals surface area contributed by atoms with Crippen molar-refractivity contribution in [1.82, 2.24) is 4.90 Å². The number of thiophene rings is 1. The van der Waals surface area contributed by atoms with Crippen molar-refractivity contribution in [3.8, 4) is 0 Å². The molecule has 0 radical (unpaired) electrons. The number of halogens is 2. The van der Waals surface area contributed by atoms with Crippen molar-refractivity contribution >= 4 is 48.9 Å². The number of carbonyl (C=O) groups excluding carboxylic acids is 1. The van der Waals surface area contributed by atoms with E-state index in [0.717, 1.165) is 15.8 Å². The molecule has 0 aliphatic heterocycles. The van der Waals surface area contributed by atoms with Crippen LogP contribution in [0, 0.1) is 5.82 Å². The molecule has 0 spiro atoms. The molecule has 152 valence electrons. The van der Waals surface area contributed by atoms with Gasteiger partial charge < -0.3 is 4.90 Å². The van der Waals surface area contributed by atoms with E-state index in [0.29, 0.717) is 17.7 Å². The van der Waals surface area contributed by atoms with E-state index in [1.54, 1.807) is 48.7 Å². The molecule has 1 heterocycles. The topological polar surface area (TPSA) is 66.5 Å². The number of sulfonamides is 1. The van der Waals surface area contributed by atoms with E-state index < -0.39 is 15.8 Å². The lowest BCUT2D eigenvalue weighted by atomic mass is 10.1. The summed E-state index contributed by atoms with van der Waals surface area (Å²) in [6, 6.07) is 14.0. The molecule has 0 aliphatic rings. The molecule has 29 heavy (non-hydrogen) atoms. The van der Waals surface area contributed by atoms with Gasteiger partial charge in [0.1, 0.15) is 10.0 Å². The first kappa shape index (κ1) is 21.5. The van der Waals surface area contributed by atoms with E-state index in [1.165, 1.54) is 23.1 Å². The van der Waals surface area contributed by atoms with E-state index >= 15 is 0 Å². The van der Waals surface area contributed by atoms with Crippen molar-refractivity contribution < 1.29 is 17.6 Å². The van der Waals surface area contributed by atoms with Gasteiger partial charge in [0.15, 0.2) is 0 Å². The van der Waals surface area contributed by atoms with Crippen molar-refractivity contribution in [2.45, 2.75) is 17.7 Å². The van der Waals surface area contributed by atoms with Gasteiger partial charge in [-0.15, -0.1) is 11.3 Å². The largest absolute Gasteiger partial charge is 0.334 e. The van der Waals surface area contributed by atoms with E-state index in [9.17, 15) is 17.6 Å². The molecule has 3 aromatic rings. The molecule has 0 aliphatic carbocycles. The molecule has 1 amide bonds. The van der Waals surface area contributed by atoms with Gasteiger partial charge in [0.2, 0.25) is 0 Å². The van der Waals surface area contributed by atoms with Crippen molar-refractivity contribution in [2.24, 2.45) is 0 Å². The number of nitrogens with zero attached hydrogens (tertiary/aromatic N) is 1. The summed E-state index contributed by atoms with van der Waals surface area (Å²) in [5.74, 6) is -0.707. The van der Waals surface area contributed by atoms with Crippen LogP contribution >= 0.6 is 27.3 Å². The minimum Gasteiger partial charge on any atom is -0.334 e. The highest BCUT2D eigenvalue weighted by molar-refractivity contribution is 9.10. The maximum atomic E-state index is 14.1. The summed E-state index contributed by atoms with van der Waals surface area (Å²) in [5, 5.41) is 1.68. The number of amides is 1. The Bertz CT molecular complexity index is 1120. The lowest BCUT2D eigenvalue weighted by Gasteiger charge is -2.22. The van der Waals surface area contributed by atoms with Crippen LogP contribution in [-0.2, 0) is 16.6 Å². The number of hydrogen-bond donors (Lipinski definition) is 1. The summed E-state index contributed by atoms with van der Waals surface area (Å²) < 4.78 is 42.3. The molecule has 1 aromatic heterocycles. The first-order valence-corrected chi connectivity index (χ1v) is 11.9. The van der Waals surface area contributed by atoms with E-state index in [4.69, 9.17) is 0 Å². The predicted molar refractivity (Wildman–Crippen MR) is 116 cm³/mol. The Kier molecular flexibility index (Phi) is 6.71. The zero-order valence-corrected chi connectivity index (χ0v) is 18.7. The number of benzene rings is 2. The molecule has 0 fully saturated rings. The third kappa shape index (κ3) is 5.23. The van der Waals surface area contributed by atoms with Crippen LogP contribution in [0.15, 0.2) is 68.7 Å². The minimum absolute atomic E-state index is 0.103. The first-order valence-electron chi connectivity index (χ1n) is 8.69. The van der Waals surface area contributed by atoms with E-state index in [2.05, 4.69) is 20.7 Å². The van der Waals surface area contributed by atoms with Crippen LogP contribution < -0.4 is 4.72 Å². The number of nitrogens with one attached hydrogen (secondary N) is 1. The molecular formula is C20H18BrFN2O3S2. The fourth-order valence-corrected chi connectivity index (χ4v) is 5.17. The zero-order chi connectivity index (χ0) is 21.0. The monoisotopic (exact) mass is 496 g/mol. The molecule has 0 bridgehead atoms. The van der Waals surface area contributed by atoms with Gasteiger partial charge in [-0.25, -0.2) is 12.8 Å². The predicted octanol–water partition coefficient (Wildman–Crippen LogP) is 5.11. The normalized spacial score (nSPS) is 11.3. The summed E-state index contributed by atoms with van der Waals surface area (Å²) in [7, 11) is -3.71. The second kappa shape index (κ2) is 9.06. The summed E-state index contributed by atoms with van der Waals surface area (Å²) in [5.41, 5.74) is 0.992. The number of hydrogen-bond acceptors (Lipinski definition) is 4. The molecule has 0 saturated carbocycles. The Hall–Kier alpha value is -2.23. The van der Waals surface area contributed by atoms with Gasteiger partial charge in [-0.3, -0.25) is 9.52 Å². The average Bonchev–Trinajstić information content (AvgIpc) is 3.24. The Morgan fingerprint density at radius 1 is 1.17 bits per heavy atom. The van der Waals surface area contributed by atoms with Crippen molar-refractivity contribution in [2.75, 3.05) is 11.3 Å². The molecule has 0 unspecified atom stereocenters. The summed E-state index contributed by atoms with van der Waals surface area (Å²) in [4.78, 5) is 14.4. The molecule has 2 aromatic carbocycles. The molecule has 5 nitrogen and oxygen atoms in total. The lowest BCUT2D eigenvalue weighted by Crippen LogP contribution is -2.30. The summed E-state index contributed by atoms with van der Waals surface area (Å²) >= 11 is 4.42. The highest BCUT2D eigenvalue weighted by atomic mass is 79.9. The van der Waals surface area contributed by atoms with Gasteiger partial charge in [-0.2, -0.15) is 0 Å². The standard InChI is InChI=1S/C20H18BrFN2O3S2/c1-2-24(13-15-11-16(21)8-9-18(15)22)20(25)14-5-3-6-17(12-14)23-29(26,27)19-7-4-10-28-19/h3-12,23H,2,13H2,1H3. The van der Waals surface area contributed by atoms with Crippen LogP contribution in [0.2, 0.25) is 0 Å². The highest BCUT2D eigenvalue weighted by Crippen LogP contribution is 2.22. The maximum Gasteiger partial charge on any atom is 0.271 e. The number of rotatable bonds is 7. The van der Waals surface area contributed by atoms with Crippen LogP contribution in [-0.4, -0.2) is 25.8 Å². The van der Waals surface area contributed by atoms with Gasteiger partial charge in [-0.1, -0.05) is 28.1 Å². The Balaban J connectivity index is 1.81. The minimum atomic E-state index is -3.71. The van der Waals surface area contributed by atoms with Crippen LogP contribution in [0.3, 0.4) is 0 Å². The second-order valence-corrected chi connectivity index (χ2v) is 9.95. The molecule has 9 heteroatoms. The molecule has 3 rings (SSSR count). The quantitative estimate of drug-likeness (QED) is 0.493. The van der Waals surface area contributed by atoms with Crippen LogP contribution in [0.25, 0.3) is 0 Å². The maximum absolute atomic E-state index is 14.1. The molecule has 1 N–H and O–H groups in total. The smallest absolute Gasteiger partial charge is 0.271 e. The second-order valence-electron chi connectivity index (χ2n) is 6.17. The zero-order valence-electron chi connectivity index (χ0n) is 15.4. The van der Waals surface area contributed by atoms with Crippen LogP contribution in [0.4, 0.5) is 10.1 Å². The Labute approximate surface area is 181 Å². The fraction of sp³-hybridized carbons (Fsp3) is 0.150. The van der Waals surface area contributed by atoms with Gasteiger partial charge in [0.05, 0.1) is 0 Å². The molecule has 0 atom stereocenters. The summed E-state index contributed by atoms with van der Waals surface area (Å²) in [6.45, 7) is 2.28. The van der Waals surface area contributed by atoms with E-state index in [1.807, 2.05) is 0 Å². The van der Waals surface area contributed by atoms with Crippen molar-refractivity contribution in [3.05, 3.63) is 81.4 Å². The lowest BCUT2D eigenvalue weighted by molar-refractivity contribution is 0.0751. The fourth-order valence-electron chi connectivity index (χ4n) is 2.72.